The van der Waals surface area contributed by atoms with Crippen LogP contribution in [0, 0.1) is 5.82 Å². The van der Waals surface area contributed by atoms with E-state index in [1.807, 2.05) is 13.0 Å². The van der Waals surface area contributed by atoms with E-state index in [4.69, 9.17) is 23.2 Å². The molecule has 0 N–H and O–H groups in total. The molecule has 82 valence electrons. The van der Waals surface area contributed by atoms with Crippen LogP contribution in [0.4, 0.5) is 4.39 Å². The molecule has 0 radical (unpaired) electrons. The van der Waals surface area contributed by atoms with Crippen molar-refractivity contribution in [1.82, 2.24) is 0 Å². The molecule has 0 fully saturated rings. The van der Waals surface area contributed by atoms with Crippen LogP contribution in [0.15, 0.2) is 29.8 Å². The quantitative estimate of drug-likeness (QED) is 0.539. The first-order valence-corrected chi connectivity index (χ1v) is 5.70. The normalized spacial score (nSPS) is 11.9. The predicted molar refractivity (Wildman–Crippen MR) is 64.2 cm³/mol. The summed E-state index contributed by atoms with van der Waals surface area (Å²) < 4.78 is 13.0. The van der Waals surface area contributed by atoms with Crippen molar-refractivity contribution in [3.63, 3.8) is 0 Å². The van der Waals surface area contributed by atoms with Crippen molar-refractivity contribution >= 4 is 23.2 Å². The van der Waals surface area contributed by atoms with Crippen molar-refractivity contribution in [1.29, 1.82) is 0 Å². The lowest BCUT2D eigenvalue weighted by atomic mass is 10.1. The summed E-state index contributed by atoms with van der Waals surface area (Å²) in [5.41, 5.74) is 1.98. The third-order valence-corrected chi connectivity index (χ3v) is 2.67. The Bertz CT molecular complexity index is 359. The zero-order valence-corrected chi connectivity index (χ0v) is 10.1. The van der Waals surface area contributed by atoms with E-state index in [0.717, 1.165) is 17.6 Å². The molecule has 0 heterocycles. The highest BCUT2D eigenvalue weighted by Gasteiger charge is 2.02. The van der Waals surface area contributed by atoms with E-state index in [1.165, 1.54) is 12.1 Å². The Morgan fingerprint density at radius 2 is 2.20 bits per heavy atom. The smallest absolute Gasteiger partial charge is 0.123 e. The van der Waals surface area contributed by atoms with Crippen LogP contribution in [0.2, 0.25) is 5.02 Å². The van der Waals surface area contributed by atoms with E-state index in [1.54, 1.807) is 6.07 Å². The summed E-state index contributed by atoms with van der Waals surface area (Å²) in [6.07, 6.45) is 3.56. The Morgan fingerprint density at radius 3 is 2.87 bits per heavy atom. The minimum Gasteiger partial charge on any atom is -0.207 e. The van der Waals surface area contributed by atoms with Crippen molar-refractivity contribution in [2.24, 2.45) is 0 Å². The zero-order chi connectivity index (χ0) is 11.3. The van der Waals surface area contributed by atoms with Gasteiger partial charge in [0.05, 0.1) is 0 Å². The van der Waals surface area contributed by atoms with Gasteiger partial charge in [-0.05, 0) is 43.5 Å². The number of allylic oxidation sites excluding steroid dienone is 2. The van der Waals surface area contributed by atoms with Crippen LogP contribution in [-0.2, 0) is 6.42 Å². The van der Waals surface area contributed by atoms with Gasteiger partial charge in [-0.1, -0.05) is 23.3 Å². The number of rotatable bonds is 4. The number of hydrogen-bond acceptors (Lipinski definition) is 0. The van der Waals surface area contributed by atoms with E-state index in [2.05, 4.69) is 0 Å². The van der Waals surface area contributed by atoms with E-state index in [0.29, 0.717) is 17.3 Å². The summed E-state index contributed by atoms with van der Waals surface area (Å²) in [5.74, 6) is 0.355. The van der Waals surface area contributed by atoms with E-state index >= 15 is 0 Å². The Balaban J connectivity index is 2.75. The second kappa shape index (κ2) is 6.14. The first kappa shape index (κ1) is 12.5. The highest BCUT2D eigenvalue weighted by atomic mass is 35.5. The van der Waals surface area contributed by atoms with Crippen molar-refractivity contribution < 1.29 is 4.39 Å². The van der Waals surface area contributed by atoms with Gasteiger partial charge in [-0.15, -0.1) is 11.6 Å². The second-order valence-electron chi connectivity index (χ2n) is 3.44. The van der Waals surface area contributed by atoms with Gasteiger partial charge in [0.15, 0.2) is 0 Å². The first-order valence-electron chi connectivity index (χ1n) is 4.79. The third kappa shape index (κ3) is 4.23. The van der Waals surface area contributed by atoms with Gasteiger partial charge < -0.3 is 0 Å². The molecule has 0 amide bonds. The third-order valence-electron chi connectivity index (χ3n) is 2.08. The summed E-state index contributed by atoms with van der Waals surface area (Å²) in [6.45, 7) is 1.99. The molecule has 0 aliphatic carbocycles. The standard InChI is InChI=1S/C12H13Cl2F/c1-9(3-2-6-13)7-10-8-11(15)4-5-12(10)14/h3-5,8H,2,6-7H2,1H3/b9-3-. The first-order chi connectivity index (χ1) is 7.13. The lowest BCUT2D eigenvalue weighted by Gasteiger charge is -2.04. The minimum atomic E-state index is -0.250. The topological polar surface area (TPSA) is 0 Å². The molecule has 0 spiro atoms. The van der Waals surface area contributed by atoms with Gasteiger partial charge in [-0.25, -0.2) is 4.39 Å². The lowest BCUT2D eigenvalue weighted by molar-refractivity contribution is 0.626. The van der Waals surface area contributed by atoms with Gasteiger partial charge >= 0.3 is 0 Å². The maximum atomic E-state index is 13.0. The van der Waals surface area contributed by atoms with Crippen LogP contribution < -0.4 is 0 Å². The van der Waals surface area contributed by atoms with Gasteiger partial charge in [0, 0.05) is 10.9 Å². The summed E-state index contributed by atoms with van der Waals surface area (Å²) in [4.78, 5) is 0. The maximum absolute atomic E-state index is 13.0. The highest BCUT2D eigenvalue weighted by Crippen LogP contribution is 2.20. The average Bonchev–Trinajstić information content (AvgIpc) is 2.20. The van der Waals surface area contributed by atoms with Crippen LogP contribution >= 0.6 is 23.2 Å². The molecule has 0 aliphatic rings. The second-order valence-corrected chi connectivity index (χ2v) is 4.23. The van der Waals surface area contributed by atoms with Crippen LogP contribution in [0.25, 0.3) is 0 Å². The Morgan fingerprint density at radius 1 is 1.47 bits per heavy atom. The van der Waals surface area contributed by atoms with Crippen LogP contribution in [-0.4, -0.2) is 5.88 Å². The lowest BCUT2D eigenvalue weighted by Crippen LogP contribution is -1.90. The van der Waals surface area contributed by atoms with Crippen LogP contribution in [0.5, 0.6) is 0 Å². The number of benzene rings is 1. The Kier molecular flexibility index (Phi) is 5.13. The number of halogens is 3. The van der Waals surface area contributed by atoms with Gasteiger partial charge in [0.2, 0.25) is 0 Å². The van der Waals surface area contributed by atoms with Crippen molar-refractivity contribution in [2.75, 3.05) is 5.88 Å². The average molecular weight is 247 g/mol. The van der Waals surface area contributed by atoms with Crippen molar-refractivity contribution in [2.45, 2.75) is 19.8 Å². The molecule has 0 aliphatic heterocycles. The molecule has 0 unspecified atom stereocenters. The van der Waals surface area contributed by atoms with Gasteiger partial charge in [0.25, 0.3) is 0 Å². The summed E-state index contributed by atoms with van der Waals surface area (Å²) in [6, 6.07) is 4.42. The molecule has 0 nitrogen and oxygen atoms in total. The summed E-state index contributed by atoms with van der Waals surface area (Å²) >= 11 is 11.5. The summed E-state index contributed by atoms with van der Waals surface area (Å²) in [7, 11) is 0. The van der Waals surface area contributed by atoms with Gasteiger partial charge in [0.1, 0.15) is 5.82 Å². The molecular weight excluding hydrogens is 234 g/mol. The molecule has 1 rings (SSSR count). The molecular formula is C12H13Cl2F. The predicted octanol–water partition coefficient (Wildman–Crippen LogP) is 4.60. The number of hydrogen-bond donors (Lipinski definition) is 0. The molecule has 15 heavy (non-hydrogen) atoms. The highest BCUT2D eigenvalue weighted by molar-refractivity contribution is 6.31. The molecule has 0 bridgehead atoms. The van der Waals surface area contributed by atoms with E-state index in [-0.39, 0.29) is 5.82 Å². The van der Waals surface area contributed by atoms with E-state index < -0.39 is 0 Å². The molecule has 0 saturated heterocycles. The number of alkyl halides is 1. The van der Waals surface area contributed by atoms with Crippen LogP contribution in [0.1, 0.15) is 18.9 Å². The van der Waals surface area contributed by atoms with Crippen molar-refractivity contribution in [3.8, 4) is 0 Å². The maximum Gasteiger partial charge on any atom is 0.123 e. The fourth-order valence-electron chi connectivity index (χ4n) is 1.35. The molecule has 1 aromatic carbocycles. The molecule has 0 atom stereocenters. The zero-order valence-electron chi connectivity index (χ0n) is 8.56. The van der Waals surface area contributed by atoms with E-state index in [9.17, 15) is 4.39 Å². The van der Waals surface area contributed by atoms with Crippen LogP contribution in [0.3, 0.4) is 0 Å². The van der Waals surface area contributed by atoms with Crippen molar-refractivity contribution in [3.05, 3.63) is 46.3 Å². The molecule has 0 saturated carbocycles. The summed E-state index contributed by atoms with van der Waals surface area (Å²) in [5, 5.41) is 0.607. The Labute approximate surface area is 99.7 Å². The minimum absolute atomic E-state index is 0.250. The monoisotopic (exact) mass is 246 g/mol. The fraction of sp³-hybridized carbons (Fsp3) is 0.333. The molecule has 0 aromatic heterocycles. The van der Waals surface area contributed by atoms with Gasteiger partial charge in [-0.2, -0.15) is 0 Å². The molecule has 3 heteroatoms. The van der Waals surface area contributed by atoms with Gasteiger partial charge in [-0.3, -0.25) is 0 Å². The largest absolute Gasteiger partial charge is 0.207 e. The Hall–Kier alpha value is -0.530. The SMILES string of the molecule is C/C(=C/CCCl)Cc1cc(F)ccc1Cl. The molecule has 1 aromatic rings. The fourth-order valence-corrected chi connectivity index (χ4v) is 1.65.